The predicted molar refractivity (Wildman–Crippen MR) is 83.1 cm³/mol. The number of hydrogen-bond acceptors (Lipinski definition) is 5. The zero-order valence-electron chi connectivity index (χ0n) is 12.4. The number of nitrogens with zero attached hydrogens (tertiary/aromatic N) is 4. The summed E-state index contributed by atoms with van der Waals surface area (Å²) in [7, 11) is 0. The van der Waals surface area contributed by atoms with Crippen LogP contribution in [0.2, 0.25) is 0 Å². The largest absolute Gasteiger partial charge is 0.354 e. The second-order valence-electron chi connectivity index (χ2n) is 5.54. The number of rotatable bonds is 4. The lowest BCUT2D eigenvalue weighted by molar-refractivity contribution is 0.420. The monoisotopic (exact) mass is 283 g/mol. The minimum atomic E-state index is 0.495. The molecule has 2 aromatic rings. The SMILES string of the molecule is Cc1cc(CNC2CCCN(c3cnccn3)C2)ccn1. The van der Waals surface area contributed by atoms with Crippen molar-refractivity contribution in [2.45, 2.75) is 32.4 Å². The third-order valence-corrected chi connectivity index (χ3v) is 3.85. The van der Waals surface area contributed by atoms with Crippen molar-refractivity contribution in [3.8, 4) is 0 Å². The maximum absolute atomic E-state index is 4.39. The number of nitrogens with one attached hydrogen (secondary N) is 1. The third kappa shape index (κ3) is 3.76. The molecule has 0 spiro atoms. The first-order valence-corrected chi connectivity index (χ1v) is 7.47. The highest BCUT2D eigenvalue weighted by Crippen LogP contribution is 2.16. The summed E-state index contributed by atoms with van der Waals surface area (Å²) >= 11 is 0. The first-order valence-electron chi connectivity index (χ1n) is 7.47. The highest BCUT2D eigenvalue weighted by Gasteiger charge is 2.20. The summed E-state index contributed by atoms with van der Waals surface area (Å²) in [6.07, 6.45) is 9.58. The molecule has 1 N–H and O–H groups in total. The molecular formula is C16H21N5. The van der Waals surface area contributed by atoms with Crippen molar-refractivity contribution in [1.29, 1.82) is 0 Å². The molecule has 0 aliphatic carbocycles. The predicted octanol–water partition coefficient (Wildman–Crippen LogP) is 1.94. The Morgan fingerprint density at radius 1 is 1.29 bits per heavy atom. The topological polar surface area (TPSA) is 53.9 Å². The van der Waals surface area contributed by atoms with E-state index in [1.807, 2.05) is 19.3 Å². The summed E-state index contributed by atoms with van der Waals surface area (Å²) in [6, 6.07) is 4.70. The smallest absolute Gasteiger partial charge is 0.147 e. The molecule has 1 unspecified atom stereocenters. The zero-order valence-corrected chi connectivity index (χ0v) is 12.4. The van der Waals surface area contributed by atoms with Crippen LogP contribution in [0.3, 0.4) is 0 Å². The van der Waals surface area contributed by atoms with E-state index in [9.17, 15) is 0 Å². The lowest BCUT2D eigenvalue weighted by atomic mass is 10.1. The van der Waals surface area contributed by atoms with Crippen molar-refractivity contribution in [2.24, 2.45) is 0 Å². The molecule has 1 aliphatic rings. The molecule has 21 heavy (non-hydrogen) atoms. The van der Waals surface area contributed by atoms with Crippen LogP contribution in [0.25, 0.3) is 0 Å². The lowest BCUT2D eigenvalue weighted by Crippen LogP contribution is -2.45. The molecule has 1 saturated heterocycles. The maximum Gasteiger partial charge on any atom is 0.147 e. The Hall–Kier alpha value is -2.01. The molecule has 0 bridgehead atoms. The van der Waals surface area contributed by atoms with Crippen LogP contribution in [0.5, 0.6) is 0 Å². The molecule has 3 heterocycles. The second-order valence-corrected chi connectivity index (χ2v) is 5.54. The molecule has 0 amide bonds. The van der Waals surface area contributed by atoms with E-state index in [1.54, 1.807) is 12.4 Å². The summed E-state index contributed by atoms with van der Waals surface area (Å²) in [5.41, 5.74) is 2.36. The first kappa shape index (κ1) is 13.9. The molecule has 5 heteroatoms. The molecule has 0 aromatic carbocycles. The highest BCUT2D eigenvalue weighted by atomic mass is 15.2. The van der Waals surface area contributed by atoms with Gasteiger partial charge < -0.3 is 10.2 Å². The van der Waals surface area contributed by atoms with Gasteiger partial charge in [-0.15, -0.1) is 0 Å². The molecule has 0 radical (unpaired) electrons. The van der Waals surface area contributed by atoms with Crippen LogP contribution in [0.15, 0.2) is 36.9 Å². The van der Waals surface area contributed by atoms with Gasteiger partial charge >= 0.3 is 0 Å². The van der Waals surface area contributed by atoms with E-state index in [1.165, 1.54) is 18.4 Å². The van der Waals surface area contributed by atoms with E-state index in [4.69, 9.17) is 0 Å². The van der Waals surface area contributed by atoms with Crippen molar-refractivity contribution in [2.75, 3.05) is 18.0 Å². The van der Waals surface area contributed by atoms with Gasteiger partial charge in [-0.05, 0) is 37.5 Å². The van der Waals surface area contributed by atoms with Crippen LogP contribution in [-0.4, -0.2) is 34.1 Å². The van der Waals surface area contributed by atoms with Crippen LogP contribution in [-0.2, 0) is 6.54 Å². The molecule has 1 atom stereocenters. The third-order valence-electron chi connectivity index (χ3n) is 3.85. The Morgan fingerprint density at radius 2 is 2.24 bits per heavy atom. The van der Waals surface area contributed by atoms with E-state index < -0.39 is 0 Å². The highest BCUT2D eigenvalue weighted by molar-refractivity contribution is 5.36. The Bertz CT molecular complexity index is 572. The van der Waals surface area contributed by atoms with Crippen molar-refractivity contribution < 1.29 is 0 Å². The summed E-state index contributed by atoms with van der Waals surface area (Å²) in [6.45, 7) is 4.97. The molecule has 2 aromatic heterocycles. The summed E-state index contributed by atoms with van der Waals surface area (Å²) in [4.78, 5) is 15.1. The molecule has 5 nitrogen and oxygen atoms in total. The van der Waals surface area contributed by atoms with Crippen LogP contribution >= 0.6 is 0 Å². The lowest BCUT2D eigenvalue weighted by Gasteiger charge is -2.33. The van der Waals surface area contributed by atoms with Gasteiger partial charge in [-0.1, -0.05) is 0 Å². The van der Waals surface area contributed by atoms with Gasteiger partial charge in [0.05, 0.1) is 6.20 Å². The molecule has 3 rings (SSSR count). The molecule has 110 valence electrons. The average Bonchev–Trinajstić information content (AvgIpc) is 2.54. The Morgan fingerprint density at radius 3 is 3.05 bits per heavy atom. The van der Waals surface area contributed by atoms with Gasteiger partial charge in [0.2, 0.25) is 0 Å². The average molecular weight is 283 g/mol. The van der Waals surface area contributed by atoms with Gasteiger partial charge in [-0.3, -0.25) is 9.97 Å². The minimum Gasteiger partial charge on any atom is -0.354 e. The van der Waals surface area contributed by atoms with Gasteiger partial charge in [0.1, 0.15) is 5.82 Å². The van der Waals surface area contributed by atoms with Gasteiger partial charge in [0.25, 0.3) is 0 Å². The fourth-order valence-electron chi connectivity index (χ4n) is 2.78. The molecule has 1 fully saturated rings. The zero-order chi connectivity index (χ0) is 14.5. The van der Waals surface area contributed by atoms with Crippen molar-refractivity contribution in [3.05, 3.63) is 48.2 Å². The number of aryl methyl sites for hydroxylation is 1. The van der Waals surface area contributed by atoms with Crippen LogP contribution in [0.1, 0.15) is 24.1 Å². The minimum absolute atomic E-state index is 0.495. The Balaban J connectivity index is 1.57. The van der Waals surface area contributed by atoms with Crippen LogP contribution < -0.4 is 10.2 Å². The van der Waals surface area contributed by atoms with Crippen molar-refractivity contribution >= 4 is 5.82 Å². The van der Waals surface area contributed by atoms with E-state index in [0.29, 0.717) is 6.04 Å². The fourth-order valence-corrected chi connectivity index (χ4v) is 2.78. The summed E-state index contributed by atoms with van der Waals surface area (Å²) in [5.74, 6) is 0.976. The summed E-state index contributed by atoms with van der Waals surface area (Å²) in [5, 5.41) is 3.65. The molecule has 1 aliphatic heterocycles. The van der Waals surface area contributed by atoms with Gasteiger partial charge in [-0.25, -0.2) is 4.98 Å². The number of piperidine rings is 1. The molecular weight excluding hydrogens is 262 g/mol. The van der Waals surface area contributed by atoms with E-state index >= 15 is 0 Å². The normalized spacial score (nSPS) is 18.7. The molecule has 0 saturated carbocycles. The van der Waals surface area contributed by atoms with E-state index in [0.717, 1.165) is 31.1 Å². The first-order chi connectivity index (χ1) is 10.3. The van der Waals surface area contributed by atoms with E-state index in [-0.39, 0.29) is 0 Å². The number of pyridine rings is 1. The Kier molecular flexibility index (Phi) is 4.40. The fraction of sp³-hybridized carbons (Fsp3) is 0.438. The van der Waals surface area contributed by atoms with Gasteiger partial charge in [-0.2, -0.15) is 0 Å². The second kappa shape index (κ2) is 6.63. The van der Waals surface area contributed by atoms with Crippen molar-refractivity contribution in [3.63, 3.8) is 0 Å². The van der Waals surface area contributed by atoms with Gasteiger partial charge in [0, 0.05) is 50.0 Å². The van der Waals surface area contributed by atoms with Crippen LogP contribution in [0, 0.1) is 6.92 Å². The summed E-state index contributed by atoms with van der Waals surface area (Å²) < 4.78 is 0. The van der Waals surface area contributed by atoms with E-state index in [2.05, 4.69) is 37.3 Å². The van der Waals surface area contributed by atoms with Crippen molar-refractivity contribution in [1.82, 2.24) is 20.3 Å². The standard InChI is InChI=1S/C16H21N5/c1-13-9-14(4-5-18-13)10-20-15-3-2-8-21(12-15)16-11-17-6-7-19-16/h4-7,9,11,15,20H,2-3,8,10,12H2,1H3. The number of anilines is 1. The number of aromatic nitrogens is 3. The quantitative estimate of drug-likeness (QED) is 0.929. The maximum atomic E-state index is 4.39. The number of hydrogen-bond donors (Lipinski definition) is 1. The van der Waals surface area contributed by atoms with Crippen LogP contribution in [0.4, 0.5) is 5.82 Å². The van der Waals surface area contributed by atoms with Gasteiger partial charge in [0.15, 0.2) is 0 Å². The Labute approximate surface area is 125 Å².